The summed E-state index contributed by atoms with van der Waals surface area (Å²) in [5.41, 5.74) is 3.45. The van der Waals surface area contributed by atoms with Crippen LogP contribution in [0.5, 0.6) is 0 Å². The fourth-order valence-electron chi connectivity index (χ4n) is 3.54. The van der Waals surface area contributed by atoms with Gasteiger partial charge in [-0.2, -0.15) is 0 Å². The molecule has 1 N–H and O–H groups in total. The lowest BCUT2D eigenvalue weighted by Gasteiger charge is -2.33. The number of nitrogens with one attached hydrogen (secondary N) is 1. The molecule has 0 unspecified atom stereocenters. The van der Waals surface area contributed by atoms with Gasteiger partial charge in [0.1, 0.15) is 5.82 Å². The smallest absolute Gasteiger partial charge is 0.228 e. The summed E-state index contributed by atoms with van der Waals surface area (Å²) >= 11 is 1.72. The van der Waals surface area contributed by atoms with Crippen LogP contribution >= 0.6 is 11.8 Å². The third kappa shape index (κ3) is 7.39. The van der Waals surface area contributed by atoms with Crippen molar-refractivity contribution in [2.75, 3.05) is 38.0 Å². The number of hydrogen-bond acceptors (Lipinski definition) is 7. The normalized spacial score (nSPS) is 16.1. The standard InChI is InChI=1S/C26H38N6S/c1-7-20(5)25(33-21(6)19(3)4)23-11-12-27-26(29-23)30-24-10-9-22(17-28-24)18-32-15-13-31(8-2)14-16-32/h9-12,17,19H,6-8,13-16,18H2,1-5H3,(H,27,28,29,30)/b25-20-. The van der Waals surface area contributed by atoms with Crippen LogP contribution in [0, 0.1) is 5.92 Å². The Kier molecular flexibility index (Phi) is 9.47. The third-order valence-corrected chi connectivity index (χ3v) is 7.56. The van der Waals surface area contributed by atoms with Gasteiger partial charge in [-0.25, -0.2) is 15.0 Å². The molecule has 0 spiro atoms. The van der Waals surface area contributed by atoms with Crippen molar-refractivity contribution >= 4 is 28.4 Å². The molecule has 3 heterocycles. The SMILES string of the molecule is C=C(S/C(=C(/C)CC)c1ccnc(Nc2ccc(CN3CCN(CC)CC3)cn2)n1)C(C)C. The number of aromatic nitrogens is 3. The minimum atomic E-state index is 0.410. The van der Waals surface area contributed by atoms with Gasteiger partial charge in [0.05, 0.1) is 5.69 Å². The quantitative estimate of drug-likeness (QED) is 0.475. The predicted molar refractivity (Wildman–Crippen MR) is 141 cm³/mol. The first-order valence-electron chi connectivity index (χ1n) is 12.0. The van der Waals surface area contributed by atoms with Crippen LogP contribution in [0.15, 0.2) is 47.6 Å². The van der Waals surface area contributed by atoms with Crippen molar-refractivity contribution in [1.29, 1.82) is 0 Å². The molecule has 1 aliphatic rings. The summed E-state index contributed by atoms with van der Waals surface area (Å²) in [5.74, 6) is 1.72. The van der Waals surface area contributed by atoms with Crippen molar-refractivity contribution in [3.8, 4) is 0 Å². The molecule has 0 radical (unpaired) electrons. The van der Waals surface area contributed by atoms with Gasteiger partial charge in [-0.05, 0) is 48.4 Å². The second-order valence-corrected chi connectivity index (χ2v) is 9.98. The van der Waals surface area contributed by atoms with Crippen LogP contribution in [0.4, 0.5) is 11.8 Å². The molecule has 0 aromatic carbocycles. The molecule has 6 nitrogen and oxygen atoms in total. The highest BCUT2D eigenvalue weighted by Gasteiger charge is 2.16. The van der Waals surface area contributed by atoms with E-state index >= 15 is 0 Å². The van der Waals surface area contributed by atoms with Crippen molar-refractivity contribution in [3.63, 3.8) is 0 Å². The molecule has 0 amide bonds. The van der Waals surface area contributed by atoms with Crippen LogP contribution < -0.4 is 5.32 Å². The number of thioether (sulfide) groups is 1. The third-order valence-electron chi connectivity index (χ3n) is 6.07. The molecule has 0 aliphatic carbocycles. The number of allylic oxidation sites excluding steroid dienone is 2. The molecule has 33 heavy (non-hydrogen) atoms. The fourth-order valence-corrected chi connectivity index (χ4v) is 4.58. The molecule has 0 bridgehead atoms. The molecule has 178 valence electrons. The van der Waals surface area contributed by atoms with E-state index in [1.165, 1.54) is 11.1 Å². The molecule has 2 aromatic heterocycles. The molecule has 1 aliphatic heterocycles. The number of nitrogens with zero attached hydrogens (tertiary/aromatic N) is 5. The lowest BCUT2D eigenvalue weighted by atomic mass is 10.2. The Balaban J connectivity index is 1.66. The van der Waals surface area contributed by atoms with Gasteiger partial charge in [0, 0.05) is 50.0 Å². The van der Waals surface area contributed by atoms with Gasteiger partial charge in [0.2, 0.25) is 5.95 Å². The zero-order chi connectivity index (χ0) is 23.8. The lowest BCUT2D eigenvalue weighted by Crippen LogP contribution is -2.45. The van der Waals surface area contributed by atoms with Crippen LogP contribution in [0.25, 0.3) is 4.91 Å². The highest BCUT2D eigenvalue weighted by Crippen LogP contribution is 2.38. The Morgan fingerprint density at radius 3 is 2.42 bits per heavy atom. The van der Waals surface area contributed by atoms with Gasteiger partial charge in [0.15, 0.2) is 0 Å². The van der Waals surface area contributed by atoms with E-state index in [9.17, 15) is 0 Å². The largest absolute Gasteiger partial charge is 0.309 e. The van der Waals surface area contributed by atoms with Crippen molar-refractivity contribution in [1.82, 2.24) is 24.8 Å². The topological polar surface area (TPSA) is 57.2 Å². The molecule has 1 saturated heterocycles. The van der Waals surface area contributed by atoms with Crippen LogP contribution in [0.2, 0.25) is 0 Å². The molecule has 0 atom stereocenters. The Hall–Kier alpha value is -2.22. The van der Waals surface area contributed by atoms with Crippen LogP contribution in [-0.4, -0.2) is 57.5 Å². The van der Waals surface area contributed by atoms with Crippen molar-refractivity contribution in [2.24, 2.45) is 5.92 Å². The monoisotopic (exact) mass is 466 g/mol. The van der Waals surface area contributed by atoms with Crippen molar-refractivity contribution in [3.05, 3.63) is 58.9 Å². The number of likely N-dealkylation sites (N-methyl/N-ethyl adjacent to an activating group) is 1. The van der Waals surface area contributed by atoms with Crippen molar-refractivity contribution < 1.29 is 0 Å². The molecule has 2 aromatic rings. The summed E-state index contributed by atoms with van der Waals surface area (Å²) in [5, 5.41) is 3.27. The van der Waals surface area contributed by atoms with Gasteiger partial charge < -0.3 is 10.2 Å². The molecule has 7 heteroatoms. The van der Waals surface area contributed by atoms with Gasteiger partial charge in [-0.3, -0.25) is 4.90 Å². The summed E-state index contributed by atoms with van der Waals surface area (Å²) in [4.78, 5) is 21.1. The summed E-state index contributed by atoms with van der Waals surface area (Å²) in [7, 11) is 0. The average molecular weight is 467 g/mol. The van der Waals surface area contributed by atoms with Crippen LogP contribution in [-0.2, 0) is 6.54 Å². The summed E-state index contributed by atoms with van der Waals surface area (Å²) in [6.45, 7) is 21.7. The molecule has 1 fully saturated rings. The van der Waals surface area contributed by atoms with E-state index < -0.39 is 0 Å². The average Bonchev–Trinajstić information content (AvgIpc) is 2.83. The Bertz CT molecular complexity index is 946. The number of anilines is 2. The van der Waals surface area contributed by atoms with E-state index in [1.807, 2.05) is 18.3 Å². The van der Waals surface area contributed by atoms with Crippen molar-refractivity contribution in [2.45, 2.75) is 47.6 Å². The van der Waals surface area contributed by atoms with E-state index in [0.717, 1.165) is 67.0 Å². The zero-order valence-corrected chi connectivity index (χ0v) is 21.6. The fraction of sp³-hybridized carbons (Fsp3) is 0.500. The number of hydrogen-bond donors (Lipinski definition) is 1. The van der Waals surface area contributed by atoms with E-state index in [1.54, 1.807) is 18.0 Å². The highest BCUT2D eigenvalue weighted by atomic mass is 32.2. The van der Waals surface area contributed by atoms with E-state index in [-0.39, 0.29) is 0 Å². The number of pyridine rings is 1. The molecular weight excluding hydrogens is 428 g/mol. The minimum Gasteiger partial charge on any atom is -0.309 e. The highest BCUT2D eigenvalue weighted by molar-refractivity contribution is 8.11. The predicted octanol–water partition coefficient (Wildman–Crippen LogP) is 5.80. The molecule has 3 rings (SSSR count). The van der Waals surface area contributed by atoms with Gasteiger partial charge in [-0.1, -0.05) is 57.7 Å². The number of rotatable bonds is 10. The van der Waals surface area contributed by atoms with E-state index in [0.29, 0.717) is 11.9 Å². The van der Waals surface area contributed by atoms with Crippen LogP contribution in [0.3, 0.4) is 0 Å². The maximum absolute atomic E-state index is 4.79. The zero-order valence-electron chi connectivity index (χ0n) is 20.8. The first-order valence-corrected chi connectivity index (χ1v) is 12.8. The Morgan fingerprint density at radius 1 is 1.09 bits per heavy atom. The second-order valence-electron chi connectivity index (χ2n) is 8.84. The van der Waals surface area contributed by atoms with Gasteiger partial charge in [-0.15, -0.1) is 0 Å². The molecular formula is C26H38N6S. The Morgan fingerprint density at radius 2 is 1.82 bits per heavy atom. The summed E-state index contributed by atoms with van der Waals surface area (Å²) < 4.78 is 0. The lowest BCUT2D eigenvalue weighted by molar-refractivity contribution is 0.132. The van der Waals surface area contributed by atoms with E-state index in [2.05, 4.69) is 72.3 Å². The maximum atomic E-state index is 4.79. The van der Waals surface area contributed by atoms with Gasteiger partial charge in [0.25, 0.3) is 0 Å². The minimum absolute atomic E-state index is 0.410. The summed E-state index contributed by atoms with van der Waals surface area (Å²) in [6, 6.07) is 6.12. The Labute approximate surface area is 203 Å². The second kappa shape index (κ2) is 12.3. The van der Waals surface area contributed by atoms with Crippen LogP contribution in [0.1, 0.15) is 52.3 Å². The maximum Gasteiger partial charge on any atom is 0.228 e. The first-order chi connectivity index (χ1) is 15.9. The number of piperazine rings is 1. The van der Waals surface area contributed by atoms with Gasteiger partial charge >= 0.3 is 0 Å². The van der Waals surface area contributed by atoms with E-state index in [4.69, 9.17) is 4.98 Å². The first kappa shape index (κ1) is 25.4. The summed E-state index contributed by atoms with van der Waals surface area (Å²) in [6.07, 6.45) is 4.72. The molecule has 0 saturated carbocycles.